The molecule has 1 fully saturated rings. The van der Waals surface area contributed by atoms with E-state index >= 15 is 0 Å². The Bertz CT molecular complexity index is 429. The third kappa shape index (κ3) is 2.28. The molecule has 0 saturated carbocycles. The van der Waals surface area contributed by atoms with Gasteiger partial charge in [-0.05, 0) is 42.5 Å². The smallest absolute Gasteiger partial charge is 0.123 e. The largest absolute Gasteiger partial charge is 0.384 e. The molecular weight excluding hydrogens is 210 g/mol. The number of nitrogens with zero attached hydrogens (tertiary/aromatic N) is 1. The van der Waals surface area contributed by atoms with Gasteiger partial charge in [0, 0.05) is 24.3 Å². The lowest BCUT2D eigenvalue weighted by molar-refractivity contribution is 0.494. The summed E-state index contributed by atoms with van der Waals surface area (Å²) in [5, 5.41) is 7.48. The highest BCUT2D eigenvalue weighted by atomic mass is 15.2. The second kappa shape index (κ2) is 4.40. The van der Waals surface area contributed by atoms with E-state index in [-0.39, 0.29) is 5.84 Å². The zero-order chi connectivity index (χ0) is 12.6. The van der Waals surface area contributed by atoms with Crippen molar-refractivity contribution in [2.24, 2.45) is 17.6 Å². The zero-order valence-electron chi connectivity index (χ0n) is 10.8. The van der Waals surface area contributed by atoms with Gasteiger partial charge in [-0.2, -0.15) is 0 Å². The average molecular weight is 231 g/mol. The van der Waals surface area contributed by atoms with Crippen molar-refractivity contribution >= 4 is 11.5 Å². The summed E-state index contributed by atoms with van der Waals surface area (Å²) in [5.41, 5.74) is 8.71. The number of amidine groups is 1. The van der Waals surface area contributed by atoms with Crippen LogP contribution in [-0.2, 0) is 0 Å². The molecule has 1 aliphatic heterocycles. The number of rotatable bonds is 2. The molecule has 17 heavy (non-hydrogen) atoms. The van der Waals surface area contributed by atoms with Gasteiger partial charge in [-0.3, -0.25) is 5.41 Å². The predicted octanol–water partition coefficient (Wildman–Crippen LogP) is 2.37. The van der Waals surface area contributed by atoms with E-state index in [0.717, 1.165) is 36.1 Å². The van der Waals surface area contributed by atoms with E-state index in [1.807, 2.05) is 13.0 Å². The molecule has 1 aromatic carbocycles. The summed E-state index contributed by atoms with van der Waals surface area (Å²) in [4.78, 5) is 2.42. The van der Waals surface area contributed by atoms with Crippen LogP contribution in [-0.4, -0.2) is 18.9 Å². The Morgan fingerprint density at radius 2 is 1.88 bits per heavy atom. The highest BCUT2D eigenvalue weighted by molar-refractivity contribution is 5.96. The van der Waals surface area contributed by atoms with Crippen LogP contribution in [0.1, 0.15) is 25.0 Å². The molecule has 2 atom stereocenters. The standard InChI is InChI=1S/C14H21N3/c1-9-6-12(4-5-13(9)14(15)16)17-7-10(2)11(3)8-17/h4-6,10-11H,7-8H2,1-3H3,(H3,15,16). The van der Waals surface area contributed by atoms with E-state index in [0.29, 0.717) is 0 Å². The minimum atomic E-state index is 0.150. The van der Waals surface area contributed by atoms with Gasteiger partial charge in [0.2, 0.25) is 0 Å². The summed E-state index contributed by atoms with van der Waals surface area (Å²) in [6.07, 6.45) is 0. The summed E-state index contributed by atoms with van der Waals surface area (Å²) in [6.45, 7) is 8.88. The number of anilines is 1. The SMILES string of the molecule is Cc1cc(N2CC(C)C(C)C2)ccc1C(=N)N. The summed E-state index contributed by atoms with van der Waals surface area (Å²) in [6, 6.07) is 6.18. The minimum Gasteiger partial charge on any atom is -0.384 e. The van der Waals surface area contributed by atoms with Crippen LogP contribution < -0.4 is 10.6 Å². The zero-order valence-corrected chi connectivity index (χ0v) is 10.8. The Balaban J connectivity index is 2.24. The highest BCUT2D eigenvalue weighted by Gasteiger charge is 2.26. The topological polar surface area (TPSA) is 53.1 Å². The van der Waals surface area contributed by atoms with Crippen LogP contribution in [0.25, 0.3) is 0 Å². The Hall–Kier alpha value is -1.51. The van der Waals surface area contributed by atoms with Crippen molar-refractivity contribution < 1.29 is 0 Å². The number of hydrogen-bond donors (Lipinski definition) is 2. The molecule has 2 rings (SSSR count). The number of aryl methyl sites for hydroxylation is 1. The van der Waals surface area contributed by atoms with Crippen molar-refractivity contribution in [3.8, 4) is 0 Å². The van der Waals surface area contributed by atoms with E-state index in [4.69, 9.17) is 11.1 Å². The van der Waals surface area contributed by atoms with Gasteiger partial charge >= 0.3 is 0 Å². The van der Waals surface area contributed by atoms with E-state index in [9.17, 15) is 0 Å². The van der Waals surface area contributed by atoms with Crippen molar-refractivity contribution in [3.05, 3.63) is 29.3 Å². The van der Waals surface area contributed by atoms with Crippen LogP contribution in [0.2, 0.25) is 0 Å². The van der Waals surface area contributed by atoms with Crippen molar-refractivity contribution in [3.63, 3.8) is 0 Å². The van der Waals surface area contributed by atoms with E-state index < -0.39 is 0 Å². The molecule has 0 aliphatic carbocycles. The second-order valence-electron chi connectivity index (χ2n) is 5.27. The molecule has 1 aromatic rings. The monoisotopic (exact) mass is 231 g/mol. The Labute approximate surface area is 103 Å². The number of nitrogens with one attached hydrogen (secondary N) is 1. The van der Waals surface area contributed by atoms with E-state index in [1.165, 1.54) is 5.69 Å². The van der Waals surface area contributed by atoms with Gasteiger partial charge in [0.1, 0.15) is 5.84 Å². The number of hydrogen-bond acceptors (Lipinski definition) is 2. The molecule has 0 spiro atoms. The minimum absolute atomic E-state index is 0.150. The summed E-state index contributed by atoms with van der Waals surface area (Å²) < 4.78 is 0. The first kappa shape index (κ1) is 12.0. The number of benzene rings is 1. The van der Waals surface area contributed by atoms with Gasteiger partial charge in [-0.1, -0.05) is 13.8 Å². The molecule has 1 aliphatic rings. The predicted molar refractivity (Wildman–Crippen MR) is 72.7 cm³/mol. The lowest BCUT2D eigenvalue weighted by Crippen LogP contribution is -2.20. The molecule has 1 heterocycles. The van der Waals surface area contributed by atoms with Crippen LogP contribution in [0.15, 0.2) is 18.2 Å². The Morgan fingerprint density at radius 3 is 2.35 bits per heavy atom. The van der Waals surface area contributed by atoms with Crippen LogP contribution in [0, 0.1) is 24.2 Å². The van der Waals surface area contributed by atoms with E-state index in [1.54, 1.807) is 0 Å². The molecule has 3 heteroatoms. The van der Waals surface area contributed by atoms with Crippen LogP contribution in [0.3, 0.4) is 0 Å². The van der Waals surface area contributed by atoms with Crippen LogP contribution >= 0.6 is 0 Å². The normalized spacial score (nSPS) is 24.1. The Morgan fingerprint density at radius 1 is 1.29 bits per heavy atom. The van der Waals surface area contributed by atoms with E-state index in [2.05, 4.69) is 30.9 Å². The van der Waals surface area contributed by atoms with Gasteiger partial charge in [-0.15, -0.1) is 0 Å². The lowest BCUT2D eigenvalue weighted by Gasteiger charge is -2.19. The maximum atomic E-state index is 7.48. The molecule has 1 saturated heterocycles. The fraction of sp³-hybridized carbons (Fsp3) is 0.500. The molecule has 3 N–H and O–H groups in total. The molecular formula is C14H21N3. The van der Waals surface area contributed by atoms with Gasteiger partial charge in [-0.25, -0.2) is 0 Å². The van der Waals surface area contributed by atoms with Crippen molar-refractivity contribution in [2.45, 2.75) is 20.8 Å². The first-order valence-corrected chi connectivity index (χ1v) is 6.19. The lowest BCUT2D eigenvalue weighted by atomic mass is 10.0. The third-order valence-electron chi connectivity index (χ3n) is 3.85. The first-order chi connectivity index (χ1) is 7.99. The molecule has 0 aromatic heterocycles. The molecule has 3 nitrogen and oxygen atoms in total. The third-order valence-corrected chi connectivity index (χ3v) is 3.85. The maximum absolute atomic E-state index is 7.48. The van der Waals surface area contributed by atoms with Crippen molar-refractivity contribution in [2.75, 3.05) is 18.0 Å². The summed E-state index contributed by atoms with van der Waals surface area (Å²) >= 11 is 0. The van der Waals surface area contributed by atoms with Crippen molar-refractivity contribution in [1.82, 2.24) is 0 Å². The van der Waals surface area contributed by atoms with Crippen LogP contribution in [0.4, 0.5) is 5.69 Å². The molecule has 0 bridgehead atoms. The molecule has 2 unspecified atom stereocenters. The fourth-order valence-corrected chi connectivity index (χ4v) is 2.49. The average Bonchev–Trinajstić information content (AvgIpc) is 2.58. The maximum Gasteiger partial charge on any atom is 0.123 e. The fourth-order valence-electron chi connectivity index (χ4n) is 2.49. The molecule has 0 amide bonds. The number of nitrogens with two attached hydrogens (primary N) is 1. The molecule has 92 valence electrons. The second-order valence-corrected chi connectivity index (χ2v) is 5.27. The van der Waals surface area contributed by atoms with Crippen LogP contribution in [0.5, 0.6) is 0 Å². The number of nitrogen functional groups attached to an aromatic ring is 1. The summed E-state index contributed by atoms with van der Waals surface area (Å²) in [5.74, 6) is 1.66. The van der Waals surface area contributed by atoms with Crippen molar-refractivity contribution in [1.29, 1.82) is 5.41 Å². The first-order valence-electron chi connectivity index (χ1n) is 6.19. The van der Waals surface area contributed by atoms with Gasteiger partial charge in [0.15, 0.2) is 0 Å². The van der Waals surface area contributed by atoms with Gasteiger partial charge < -0.3 is 10.6 Å². The Kier molecular flexibility index (Phi) is 3.09. The van der Waals surface area contributed by atoms with Gasteiger partial charge in [0.05, 0.1) is 0 Å². The molecule has 0 radical (unpaired) electrons. The highest BCUT2D eigenvalue weighted by Crippen LogP contribution is 2.28. The summed E-state index contributed by atoms with van der Waals surface area (Å²) in [7, 11) is 0. The van der Waals surface area contributed by atoms with Gasteiger partial charge in [0.25, 0.3) is 0 Å². The quantitative estimate of drug-likeness (QED) is 0.606.